The van der Waals surface area contributed by atoms with E-state index < -0.39 is 0 Å². The Hall–Kier alpha value is 0.0100. The highest BCUT2D eigenvalue weighted by atomic mass is 32.2. The molecule has 1 unspecified atom stereocenters. The molecular formula is C9H22N2S. The zero-order valence-corrected chi connectivity index (χ0v) is 9.08. The quantitative estimate of drug-likeness (QED) is 0.666. The largest absolute Gasteiger partial charge is 0.293 e. The number of rotatable bonds is 3. The summed E-state index contributed by atoms with van der Waals surface area (Å²) in [6.07, 6.45) is 4.19. The lowest BCUT2D eigenvalue weighted by Crippen LogP contribution is -2.35. The second-order valence-electron chi connectivity index (χ2n) is 2.18. The lowest BCUT2D eigenvalue weighted by Gasteiger charge is -2.08. The predicted octanol–water partition coefficient (Wildman–Crippen LogP) is 2.04. The van der Waals surface area contributed by atoms with Gasteiger partial charge in [0.1, 0.15) is 5.50 Å². The van der Waals surface area contributed by atoms with Crippen molar-refractivity contribution in [2.45, 2.75) is 26.3 Å². The molecule has 1 heterocycles. The summed E-state index contributed by atoms with van der Waals surface area (Å²) in [6, 6.07) is 0. The third-order valence-corrected chi connectivity index (χ3v) is 2.48. The summed E-state index contributed by atoms with van der Waals surface area (Å²) < 4.78 is 0. The minimum absolute atomic E-state index is 0. The minimum Gasteiger partial charge on any atom is -0.293 e. The molecular weight excluding hydrogens is 168 g/mol. The van der Waals surface area contributed by atoms with E-state index in [-0.39, 0.29) is 1.43 Å². The predicted molar refractivity (Wildman–Crippen MR) is 60.5 cm³/mol. The molecule has 0 bridgehead atoms. The monoisotopic (exact) mass is 190 g/mol. The van der Waals surface area contributed by atoms with Gasteiger partial charge in [-0.2, -0.15) is 0 Å². The average Bonchev–Trinajstić information content (AvgIpc) is 2.61. The molecule has 0 amide bonds. The first-order valence-corrected chi connectivity index (χ1v) is 5.68. The first-order valence-electron chi connectivity index (χ1n) is 4.63. The maximum absolute atomic E-state index is 3.35. The molecule has 2 N–H and O–H groups in total. The summed E-state index contributed by atoms with van der Waals surface area (Å²) >= 11 is 1.94. The Morgan fingerprint density at radius 1 is 1.67 bits per heavy atom. The highest BCUT2D eigenvalue weighted by molar-refractivity contribution is 8.00. The number of allylic oxidation sites excluding steroid dienone is 1. The minimum atomic E-state index is 0. The SMILES string of the molecule is C/C=C/CNC1NCCS1.CC.[HH]. The zero-order valence-electron chi connectivity index (χ0n) is 8.26. The van der Waals surface area contributed by atoms with Gasteiger partial charge in [-0.05, 0) is 6.92 Å². The van der Waals surface area contributed by atoms with Crippen LogP contribution in [0.3, 0.4) is 0 Å². The van der Waals surface area contributed by atoms with Gasteiger partial charge in [0.2, 0.25) is 0 Å². The third-order valence-electron chi connectivity index (χ3n) is 1.37. The van der Waals surface area contributed by atoms with Crippen LogP contribution < -0.4 is 10.6 Å². The number of thioether (sulfide) groups is 1. The van der Waals surface area contributed by atoms with Crippen LogP contribution >= 0.6 is 11.8 Å². The molecule has 0 saturated carbocycles. The molecule has 1 rings (SSSR count). The van der Waals surface area contributed by atoms with Crippen LogP contribution in [-0.2, 0) is 0 Å². The maximum atomic E-state index is 3.35. The summed E-state index contributed by atoms with van der Waals surface area (Å²) in [6.45, 7) is 8.15. The molecule has 0 spiro atoms. The van der Waals surface area contributed by atoms with E-state index in [4.69, 9.17) is 0 Å². The summed E-state index contributed by atoms with van der Waals surface area (Å²) in [7, 11) is 0. The van der Waals surface area contributed by atoms with E-state index in [1.807, 2.05) is 32.5 Å². The Morgan fingerprint density at radius 3 is 2.92 bits per heavy atom. The van der Waals surface area contributed by atoms with E-state index in [2.05, 4.69) is 22.8 Å². The van der Waals surface area contributed by atoms with Crippen molar-refractivity contribution >= 4 is 11.8 Å². The second kappa shape index (κ2) is 9.10. The Morgan fingerprint density at radius 2 is 2.42 bits per heavy atom. The Bertz CT molecular complexity index is 114. The van der Waals surface area contributed by atoms with E-state index >= 15 is 0 Å². The molecule has 2 nitrogen and oxygen atoms in total. The molecule has 1 aliphatic rings. The fourth-order valence-corrected chi connectivity index (χ4v) is 1.77. The third kappa shape index (κ3) is 5.63. The van der Waals surface area contributed by atoms with Crippen LogP contribution in [0, 0.1) is 0 Å². The molecule has 12 heavy (non-hydrogen) atoms. The molecule has 74 valence electrons. The molecule has 3 heteroatoms. The van der Waals surface area contributed by atoms with E-state index in [0.717, 1.165) is 13.1 Å². The van der Waals surface area contributed by atoms with Gasteiger partial charge in [0.25, 0.3) is 0 Å². The summed E-state index contributed by atoms with van der Waals surface area (Å²) in [4.78, 5) is 0. The van der Waals surface area contributed by atoms with Crippen molar-refractivity contribution in [3.8, 4) is 0 Å². The van der Waals surface area contributed by atoms with Crippen LogP contribution in [0.25, 0.3) is 0 Å². The average molecular weight is 190 g/mol. The molecule has 0 radical (unpaired) electrons. The van der Waals surface area contributed by atoms with Crippen molar-refractivity contribution in [2.24, 2.45) is 0 Å². The summed E-state index contributed by atoms with van der Waals surface area (Å²) in [5.41, 5.74) is 0.483. The second-order valence-corrected chi connectivity index (χ2v) is 3.40. The van der Waals surface area contributed by atoms with Gasteiger partial charge in [-0.3, -0.25) is 10.6 Å². The highest BCUT2D eigenvalue weighted by Crippen LogP contribution is 2.09. The standard InChI is InChI=1S/C7H14N2S.C2H6.H2/c1-2-3-4-8-7-9-5-6-10-7;1-2;/h2-3,7-9H,4-6H2,1H3;1-2H3;1H/b3-2+;;. The van der Waals surface area contributed by atoms with Gasteiger partial charge in [-0.1, -0.05) is 26.0 Å². The molecule has 1 atom stereocenters. The molecule has 0 aromatic heterocycles. The Kier molecular flexibility index (Phi) is 9.11. The van der Waals surface area contributed by atoms with Gasteiger partial charge in [-0.15, -0.1) is 11.8 Å². The number of nitrogens with one attached hydrogen (secondary N) is 2. The lowest BCUT2D eigenvalue weighted by atomic mass is 10.5. The van der Waals surface area contributed by atoms with E-state index in [1.165, 1.54) is 5.75 Å². The lowest BCUT2D eigenvalue weighted by molar-refractivity contribution is 0.612. The molecule has 1 fully saturated rings. The van der Waals surface area contributed by atoms with E-state index in [0.29, 0.717) is 5.50 Å². The molecule has 0 aromatic rings. The summed E-state index contributed by atoms with van der Waals surface area (Å²) in [5, 5.41) is 6.68. The van der Waals surface area contributed by atoms with Crippen molar-refractivity contribution in [1.82, 2.24) is 10.6 Å². The van der Waals surface area contributed by atoms with Crippen molar-refractivity contribution in [1.29, 1.82) is 0 Å². The van der Waals surface area contributed by atoms with Gasteiger partial charge < -0.3 is 0 Å². The number of hydrogen-bond donors (Lipinski definition) is 2. The molecule has 1 saturated heterocycles. The van der Waals surface area contributed by atoms with Crippen LogP contribution in [0.5, 0.6) is 0 Å². The van der Waals surface area contributed by atoms with Crippen molar-refractivity contribution in [2.75, 3.05) is 18.8 Å². The molecule has 0 aromatic carbocycles. The van der Waals surface area contributed by atoms with Crippen molar-refractivity contribution < 1.29 is 1.43 Å². The van der Waals surface area contributed by atoms with Gasteiger partial charge in [0, 0.05) is 20.3 Å². The Balaban J connectivity index is 0. The fourth-order valence-electron chi connectivity index (χ4n) is 0.850. The molecule has 0 aliphatic carbocycles. The number of hydrogen-bond acceptors (Lipinski definition) is 3. The summed E-state index contributed by atoms with van der Waals surface area (Å²) in [5.74, 6) is 1.23. The highest BCUT2D eigenvalue weighted by Gasteiger charge is 2.11. The Labute approximate surface area is 81.7 Å². The maximum Gasteiger partial charge on any atom is 0.106 e. The van der Waals surface area contributed by atoms with Crippen LogP contribution in [0.2, 0.25) is 0 Å². The van der Waals surface area contributed by atoms with E-state index in [1.54, 1.807) is 0 Å². The van der Waals surface area contributed by atoms with Gasteiger partial charge in [0.05, 0.1) is 0 Å². The van der Waals surface area contributed by atoms with Crippen LogP contribution in [0.4, 0.5) is 0 Å². The normalized spacial score (nSPS) is 22.4. The van der Waals surface area contributed by atoms with Crippen LogP contribution in [0.1, 0.15) is 22.2 Å². The first kappa shape index (κ1) is 12.0. The fraction of sp³-hybridized carbons (Fsp3) is 0.778. The van der Waals surface area contributed by atoms with Crippen LogP contribution in [0.15, 0.2) is 12.2 Å². The molecule has 1 aliphatic heterocycles. The van der Waals surface area contributed by atoms with Crippen molar-refractivity contribution in [3.05, 3.63) is 12.2 Å². The zero-order chi connectivity index (χ0) is 9.23. The topological polar surface area (TPSA) is 24.1 Å². The van der Waals surface area contributed by atoms with Gasteiger partial charge >= 0.3 is 0 Å². The van der Waals surface area contributed by atoms with Crippen LogP contribution in [-0.4, -0.2) is 24.3 Å². The van der Waals surface area contributed by atoms with Gasteiger partial charge in [0.15, 0.2) is 0 Å². The first-order chi connectivity index (χ1) is 5.93. The van der Waals surface area contributed by atoms with Crippen molar-refractivity contribution in [3.63, 3.8) is 0 Å². The van der Waals surface area contributed by atoms with E-state index in [9.17, 15) is 0 Å². The van der Waals surface area contributed by atoms with Gasteiger partial charge in [-0.25, -0.2) is 0 Å². The smallest absolute Gasteiger partial charge is 0.106 e.